The van der Waals surface area contributed by atoms with Crippen molar-refractivity contribution in [1.82, 2.24) is 14.4 Å². The highest BCUT2D eigenvalue weighted by Gasteiger charge is 2.66. The first-order chi connectivity index (χ1) is 21.8. The Balaban J connectivity index is 1.40. The molecule has 47 heavy (non-hydrogen) atoms. The Bertz CT molecular complexity index is 1900. The summed E-state index contributed by atoms with van der Waals surface area (Å²) >= 11 is 0.914. The minimum Gasteiger partial charge on any atom is -0.504 e. The van der Waals surface area contributed by atoms with Gasteiger partial charge in [0.2, 0.25) is 5.60 Å². The van der Waals surface area contributed by atoms with E-state index in [0.717, 1.165) is 25.2 Å². The number of sulfonamides is 1. The standard InChI is InChI=1S/C25H23N5O15S2/c1-24(2,21(37)38)45-28-17(11-8-46-23(26)27-11)15(33)3-9-7-43-30(18(9)34)25(22(39)40)6-12(20(36)44-25)29-19(35)10-4-13(31)14(32)5-16(10)47(29,41)42/h4-5,8-9,12,31-32H,3,6-7H2,1-2H3,(H2,26,27)(H,37,38)(H,39,40)/b28-17-/t9-,12-,25?/m0/s1. The number of fused-ring (bicyclic) bond motifs is 1. The van der Waals surface area contributed by atoms with Gasteiger partial charge in [-0.2, -0.15) is 5.06 Å². The van der Waals surface area contributed by atoms with Crippen molar-refractivity contribution in [2.24, 2.45) is 11.1 Å². The van der Waals surface area contributed by atoms with Crippen molar-refractivity contribution in [3.05, 3.63) is 28.8 Å². The molecule has 2 aromatic rings. The summed E-state index contributed by atoms with van der Waals surface area (Å²) in [6, 6.07) is -0.918. The van der Waals surface area contributed by atoms with E-state index in [0.29, 0.717) is 12.1 Å². The molecule has 250 valence electrons. The third-order valence-corrected chi connectivity index (χ3v) is 9.80. The van der Waals surface area contributed by atoms with Crippen LogP contribution < -0.4 is 5.73 Å². The molecule has 0 saturated carbocycles. The number of amides is 2. The summed E-state index contributed by atoms with van der Waals surface area (Å²) in [4.78, 5) is 90.2. The molecule has 3 aliphatic rings. The van der Waals surface area contributed by atoms with E-state index >= 15 is 0 Å². The van der Waals surface area contributed by atoms with E-state index in [1.807, 2.05) is 0 Å². The molecule has 0 bridgehead atoms. The number of carbonyl (C=O) groups excluding carboxylic acids is 4. The maximum absolute atomic E-state index is 13.4. The van der Waals surface area contributed by atoms with Gasteiger partial charge in [-0.3, -0.25) is 19.2 Å². The van der Waals surface area contributed by atoms with Gasteiger partial charge in [-0.05, 0) is 19.9 Å². The van der Waals surface area contributed by atoms with Gasteiger partial charge in [-0.25, -0.2) is 32.1 Å². The Hall–Kier alpha value is -5.35. The Morgan fingerprint density at radius 1 is 1.19 bits per heavy atom. The van der Waals surface area contributed by atoms with E-state index in [9.17, 15) is 57.6 Å². The number of aromatic hydroxyl groups is 2. The summed E-state index contributed by atoms with van der Waals surface area (Å²) in [6.07, 6.45) is -1.87. The van der Waals surface area contributed by atoms with Crippen molar-refractivity contribution in [2.75, 3.05) is 12.3 Å². The Labute approximate surface area is 266 Å². The first-order valence-corrected chi connectivity index (χ1v) is 15.5. The Kier molecular flexibility index (Phi) is 7.85. The van der Waals surface area contributed by atoms with Gasteiger partial charge in [0.25, 0.3) is 21.8 Å². The molecule has 3 aliphatic heterocycles. The van der Waals surface area contributed by atoms with E-state index in [2.05, 4.69) is 10.1 Å². The lowest BCUT2D eigenvalue weighted by Crippen LogP contribution is -2.56. The number of nitrogens with zero attached hydrogens (tertiary/aromatic N) is 4. The average Bonchev–Trinajstić information content (AvgIpc) is 3.70. The van der Waals surface area contributed by atoms with Crippen molar-refractivity contribution in [2.45, 2.75) is 49.0 Å². The molecule has 5 rings (SSSR count). The molecule has 1 aromatic heterocycles. The molecule has 1 aromatic carbocycles. The number of hydrogen-bond donors (Lipinski definition) is 5. The van der Waals surface area contributed by atoms with Crippen molar-refractivity contribution >= 4 is 67.7 Å². The molecule has 2 saturated heterocycles. The number of phenolic OH excluding ortho intramolecular Hbond substituents is 2. The molecule has 4 heterocycles. The van der Waals surface area contributed by atoms with E-state index in [4.69, 9.17) is 20.1 Å². The molecule has 6 N–H and O–H groups in total. The number of rotatable bonds is 10. The Morgan fingerprint density at radius 2 is 1.85 bits per heavy atom. The second-order valence-corrected chi connectivity index (χ2v) is 13.5. The Morgan fingerprint density at radius 3 is 2.45 bits per heavy atom. The maximum Gasteiger partial charge on any atom is 0.372 e. The number of hydroxylamine groups is 2. The number of nitrogen functional groups attached to an aromatic ring is 1. The van der Waals surface area contributed by atoms with Crippen LogP contribution in [0.2, 0.25) is 0 Å². The molecule has 3 atom stereocenters. The number of aromatic nitrogens is 1. The van der Waals surface area contributed by atoms with Gasteiger partial charge in [-0.15, -0.1) is 11.3 Å². The highest BCUT2D eigenvalue weighted by atomic mass is 32.2. The lowest BCUT2D eigenvalue weighted by molar-refractivity contribution is -0.256. The van der Waals surface area contributed by atoms with Gasteiger partial charge in [0, 0.05) is 17.9 Å². The zero-order chi connectivity index (χ0) is 34.8. The molecular formula is C25H23N5O15S2. The minimum atomic E-state index is -4.89. The quantitative estimate of drug-likeness (QED) is 0.0861. The molecule has 2 amide bonds. The van der Waals surface area contributed by atoms with Crippen LogP contribution in [0.15, 0.2) is 27.6 Å². The van der Waals surface area contributed by atoms with E-state index in [1.165, 1.54) is 5.38 Å². The van der Waals surface area contributed by atoms with Crippen molar-refractivity contribution in [3.8, 4) is 11.5 Å². The number of benzene rings is 1. The maximum atomic E-state index is 13.4. The summed E-state index contributed by atoms with van der Waals surface area (Å²) in [5.74, 6) is -11.6. The van der Waals surface area contributed by atoms with Crippen LogP contribution in [0.1, 0.15) is 42.7 Å². The number of Topliss-reactive ketones (excluding diaryl/α,β-unsaturated/α-hetero) is 1. The summed E-state index contributed by atoms with van der Waals surface area (Å²) in [7, 11) is -4.89. The number of cyclic esters (lactones) is 1. The second-order valence-electron chi connectivity index (χ2n) is 10.8. The number of thiazole rings is 1. The predicted molar refractivity (Wildman–Crippen MR) is 150 cm³/mol. The number of phenols is 2. The summed E-state index contributed by atoms with van der Waals surface area (Å²) in [5.41, 5.74) is -0.508. The minimum absolute atomic E-state index is 0.0145. The van der Waals surface area contributed by atoms with Crippen LogP contribution in [0.4, 0.5) is 5.13 Å². The van der Waals surface area contributed by atoms with Gasteiger partial charge in [0.05, 0.1) is 24.5 Å². The average molecular weight is 698 g/mol. The van der Waals surface area contributed by atoms with Crippen LogP contribution in [0.3, 0.4) is 0 Å². The van der Waals surface area contributed by atoms with Crippen LogP contribution in [0.25, 0.3) is 0 Å². The summed E-state index contributed by atoms with van der Waals surface area (Å²) < 4.78 is 31.5. The van der Waals surface area contributed by atoms with E-state index < -0.39 is 116 Å². The number of esters is 1. The lowest BCUT2D eigenvalue weighted by Gasteiger charge is -2.31. The molecule has 0 radical (unpaired) electrons. The third kappa shape index (κ3) is 5.34. The third-order valence-electron chi connectivity index (χ3n) is 7.30. The normalized spacial score (nSPS) is 24.0. The van der Waals surface area contributed by atoms with Crippen LogP contribution >= 0.6 is 11.3 Å². The summed E-state index contributed by atoms with van der Waals surface area (Å²) in [5, 5.41) is 44.1. The summed E-state index contributed by atoms with van der Waals surface area (Å²) in [6.45, 7) is 1.66. The van der Waals surface area contributed by atoms with Crippen LogP contribution in [-0.2, 0) is 48.4 Å². The largest absolute Gasteiger partial charge is 0.504 e. The van der Waals surface area contributed by atoms with Gasteiger partial charge in [-0.1, -0.05) is 5.16 Å². The first-order valence-electron chi connectivity index (χ1n) is 13.1. The predicted octanol–water partition coefficient (Wildman–Crippen LogP) is -0.989. The number of hydrogen-bond acceptors (Lipinski definition) is 17. The van der Waals surface area contributed by atoms with Gasteiger partial charge >= 0.3 is 23.6 Å². The van der Waals surface area contributed by atoms with Crippen LogP contribution in [-0.4, -0.2) is 108 Å². The zero-order valence-electron chi connectivity index (χ0n) is 24.0. The number of carboxylic acid groups (broad SMARTS) is 2. The number of ketones is 1. The molecular weight excluding hydrogens is 674 g/mol. The van der Waals surface area contributed by atoms with Crippen LogP contribution in [0, 0.1) is 5.92 Å². The molecule has 1 unspecified atom stereocenters. The van der Waals surface area contributed by atoms with Crippen molar-refractivity contribution in [1.29, 1.82) is 0 Å². The van der Waals surface area contributed by atoms with E-state index in [-0.39, 0.29) is 20.2 Å². The number of carboxylic acids is 2. The lowest BCUT2D eigenvalue weighted by atomic mass is 9.98. The van der Waals surface area contributed by atoms with Gasteiger partial charge in [0.1, 0.15) is 10.6 Å². The topological polar surface area (TPSA) is 303 Å². The molecule has 0 spiro atoms. The monoisotopic (exact) mass is 697 g/mol. The zero-order valence-corrected chi connectivity index (χ0v) is 25.6. The van der Waals surface area contributed by atoms with Crippen molar-refractivity contribution < 1.29 is 72.0 Å². The number of carbonyl (C=O) groups is 6. The fourth-order valence-corrected chi connectivity index (χ4v) is 7.03. The fourth-order valence-electron chi connectivity index (χ4n) is 4.77. The molecule has 22 heteroatoms. The van der Waals surface area contributed by atoms with Crippen LogP contribution in [0.5, 0.6) is 11.5 Å². The molecule has 0 aliphatic carbocycles. The highest BCUT2D eigenvalue weighted by molar-refractivity contribution is 7.90. The SMILES string of the molecule is CC(C)(O/N=C(\C(=O)C[C@H]1CON(C2(C(=O)O)C[C@H](N3C(=O)c4cc(O)c(O)cc4S3(=O)=O)C(=O)O2)C1=O)c1csc(N)n1)C(=O)O. The van der Waals surface area contributed by atoms with Gasteiger partial charge in [0.15, 0.2) is 34.2 Å². The van der Waals surface area contributed by atoms with E-state index in [1.54, 1.807) is 0 Å². The number of aliphatic carboxylic acids is 2. The highest BCUT2D eigenvalue weighted by Crippen LogP contribution is 2.44. The molecule has 20 nitrogen and oxygen atoms in total. The fraction of sp³-hybridized carbons (Fsp3) is 0.360. The number of nitrogens with two attached hydrogens (primary N) is 1. The van der Waals surface area contributed by atoms with Gasteiger partial charge < -0.3 is 35.7 Å². The smallest absolute Gasteiger partial charge is 0.372 e. The number of anilines is 1. The number of ether oxygens (including phenoxy) is 1. The second kappa shape index (κ2) is 11.2. The first kappa shape index (κ1) is 33.0. The molecule has 2 fully saturated rings. The number of oxime groups is 1. The van der Waals surface area contributed by atoms with Crippen molar-refractivity contribution in [3.63, 3.8) is 0 Å².